The van der Waals surface area contributed by atoms with Crippen LogP contribution in [0.2, 0.25) is 0 Å². The molecule has 0 saturated carbocycles. The van der Waals surface area contributed by atoms with Gasteiger partial charge in [-0.3, -0.25) is 14.5 Å². The normalized spacial score (nSPS) is 16.7. The molecule has 1 aliphatic heterocycles. The summed E-state index contributed by atoms with van der Waals surface area (Å²) in [5, 5.41) is 15.6. The van der Waals surface area contributed by atoms with Gasteiger partial charge in [-0.2, -0.15) is 0 Å². The molecule has 0 aliphatic carbocycles. The van der Waals surface area contributed by atoms with Crippen LogP contribution in [0.25, 0.3) is 11.1 Å². The summed E-state index contributed by atoms with van der Waals surface area (Å²) in [7, 11) is 2.12. The first-order valence-electron chi connectivity index (χ1n) is 19.7. The first-order chi connectivity index (χ1) is 27.3. The Bertz CT molecular complexity index is 1990. The Morgan fingerprint density at radius 1 is 0.732 bits per heavy atom. The predicted octanol–water partition coefficient (Wildman–Crippen LogP) is 8.70. The fraction of sp³-hybridized carbons (Fsp3) is 0.319. The van der Waals surface area contributed by atoms with Crippen molar-refractivity contribution in [2.24, 2.45) is 0 Å². The van der Waals surface area contributed by atoms with E-state index in [1.54, 1.807) is 12.1 Å². The number of nitrogens with zero attached hydrogens (tertiary/aromatic N) is 1. The summed E-state index contributed by atoms with van der Waals surface area (Å²) in [5.41, 5.74) is 14.4. The number of unbranched alkanes of at least 4 members (excludes halogenated alkanes) is 3. The molecule has 2 amide bonds. The highest BCUT2D eigenvalue weighted by Gasteiger charge is 2.33. The van der Waals surface area contributed by atoms with E-state index >= 15 is 0 Å². The molecule has 1 fully saturated rings. The molecule has 9 nitrogen and oxygen atoms in total. The predicted molar refractivity (Wildman–Crippen MR) is 222 cm³/mol. The Morgan fingerprint density at radius 3 is 2.12 bits per heavy atom. The van der Waals surface area contributed by atoms with E-state index in [1.807, 2.05) is 60.7 Å². The molecule has 292 valence electrons. The van der Waals surface area contributed by atoms with Crippen LogP contribution in [0.1, 0.15) is 85.2 Å². The largest absolute Gasteiger partial charge is 0.397 e. The van der Waals surface area contributed by atoms with E-state index in [-0.39, 0.29) is 30.6 Å². The van der Waals surface area contributed by atoms with Gasteiger partial charge in [-0.05, 0) is 65.4 Å². The average Bonchev–Trinajstić information content (AvgIpc) is 3.22. The number of aliphatic hydroxyl groups excluding tert-OH is 1. The van der Waals surface area contributed by atoms with Crippen molar-refractivity contribution in [3.63, 3.8) is 0 Å². The number of anilines is 2. The van der Waals surface area contributed by atoms with Crippen molar-refractivity contribution in [3.8, 4) is 11.1 Å². The number of para-hydroxylation sites is 2. The van der Waals surface area contributed by atoms with Gasteiger partial charge in [0.05, 0.1) is 30.2 Å². The van der Waals surface area contributed by atoms with E-state index in [1.165, 1.54) is 5.56 Å². The molecule has 5 N–H and O–H groups in total. The summed E-state index contributed by atoms with van der Waals surface area (Å²) in [5.74, 6) is -0.0322. The standard InChI is InChI=1S/C47H54N4O5/c1-51(31-34-13-5-4-6-14-34)32-40-29-44(37-23-21-35(33-52)22-24-37)56-47(55-40)38-27-25-36(26-28-38)41-16-10-9-15-39(41)30-49-45(53)19-7-2-3-8-20-46(54)50-43-18-12-11-17-42(43)48/h4-6,9-18,21-28,40,44,47,52H,2-3,7-8,19-20,29-33,48H2,1H3,(H,49,53)(H,50,54)/t40-,44+,47+/m1/s1. The van der Waals surface area contributed by atoms with Crippen molar-refractivity contribution >= 4 is 23.2 Å². The molecule has 6 rings (SSSR count). The number of amides is 2. The van der Waals surface area contributed by atoms with E-state index < -0.39 is 6.29 Å². The molecule has 1 heterocycles. The third kappa shape index (κ3) is 11.8. The lowest BCUT2D eigenvalue weighted by atomic mass is 9.97. The van der Waals surface area contributed by atoms with E-state index in [4.69, 9.17) is 15.2 Å². The van der Waals surface area contributed by atoms with Crippen LogP contribution in [0, 0.1) is 0 Å². The zero-order chi connectivity index (χ0) is 39.1. The van der Waals surface area contributed by atoms with Crippen LogP contribution in [0.4, 0.5) is 11.4 Å². The molecule has 0 unspecified atom stereocenters. The maximum atomic E-state index is 12.8. The van der Waals surface area contributed by atoms with E-state index in [0.717, 1.165) is 78.6 Å². The molecule has 1 saturated heterocycles. The van der Waals surface area contributed by atoms with Gasteiger partial charge < -0.3 is 30.9 Å². The number of hydrogen-bond donors (Lipinski definition) is 4. The fourth-order valence-corrected chi connectivity index (χ4v) is 7.15. The Morgan fingerprint density at radius 2 is 1.39 bits per heavy atom. The molecular formula is C47H54N4O5. The smallest absolute Gasteiger partial charge is 0.224 e. The van der Waals surface area contributed by atoms with Crippen LogP contribution < -0.4 is 16.4 Å². The van der Waals surface area contributed by atoms with Gasteiger partial charge in [0.1, 0.15) is 0 Å². The molecule has 0 aromatic heterocycles. The van der Waals surface area contributed by atoms with E-state index in [0.29, 0.717) is 30.8 Å². The van der Waals surface area contributed by atoms with Crippen molar-refractivity contribution in [2.75, 3.05) is 24.6 Å². The Balaban J connectivity index is 1.01. The van der Waals surface area contributed by atoms with Crippen LogP contribution in [0.3, 0.4) is 0 Å². The summed E-state index contributed by atoms with van der Waals surface area (Å²) in [6, 6.07) is 42.1. The average molecular weight is 755 g/mol. The van der Waals surface area contributed by atoms with Crippen molar-refractivity contribution in [3.05, 3.63) is 155 Å². The quantitative estimate of drug-likeness (QED) is 0.0521. The minimum Gasteiger partial charge on any atom is -0.397 e. The van der Waals surface area contributed by atoms with Crippen LogP contribution in [0.15, 0.2) is 127 Å². The summed E-state index contributed by atoms with van der Waals surface area (Å²) < 4.78 is 13.2. The molecule has 0 spiro atoms. The molecule has 5 aromatic carbocycles. The zero-order valence-electron chi connectivity index (χ0n) is 32.2. The molecular weight excluding hydrogens is 701 g/mol. The Hall–Kier alpha value is -5.32. The third-order valence-electron chi connectivity index (χ3n) is 10.2. The lowest BCUT2D eigenvalue weighted by Gasteiger charge is -2.38. The molecule has 1 aliphatic rings. The van der Waals surface area contributed by atoms with Gasteiger partial charge >= 0.3 is 0 Å². The number of nitrogens with one attached hydrogen (secondary N) is 2. The SMILES string of the molecule is CN(Cc1ccccc1)C[C@H]1C[C@@H](c2ccc(CO)cc2)O[C@@H](c2ccc(-c3ccccc3CNC(=O)CCCCCCC(=O)Nc3ccccc3N)cc2)O1. The molecule has 5 aromatic rings. The van der Waals surface area contributed by atoms with Gasteiger partial charge in [-0.1, -0.05) is 128 Å². The number of nitrogens with two attached hydrogens (primary N) is 1. The van der Waals surface area contributed by atoms with Gasteiger partial charge in [0, 0.05) is 44.5 Å². The summed E-state index contributed by atoms with van der Waals surface area (Å²) in [6.07, 6.45) is 4.12. The summed E-state index contributed by atoms with van der Waals surface area (Å²) in [4.78, 5) is 27.3. The van der Waals surface area contributed by atoms with E-state index in [2.05, 4.69) is 77.2 Å². The maximum absolute atomic E-state index is 12.8. The number of likely N-dealkylation sites (N-methyl/N-ethyl adjacent to an activating group) is 1. The van der Waals surface area contributed by atoms with E-state index in [9.17, 15) is 14.7 Å². The zero-order valence-corrected chi connectivity index (χ0v) is 32.2. The highest BCUT2D eigenvalue weighted by Crippen LogP contribution is 2.39. The number of hydrogen-bond acceptors (Lipinski definition) is 7. The maximum Gasteiger partial charge on any atom is 0.224 e. The number of carbonyl (C=O) groups is 2. The first kappa shape index (κ1) is 40.3. The minimum atomic E-state index is -0.546. The van der Waals surface area contributed by atoms with Gasteiger partial charge in [0.15, 0.2) is 6.29 Å². The molecule has 0 bridgehead atoms. The van der Waals surface area contributed by atoms with Crippen molar-refractivity contribution in [2.45, 2.75) is 83.1 Å². The Labute approximate surface area is 330 Å². The topological polar surface area (TPSA) is 126 Å². The lowest BCUT2D eigenvalue weighted by molar-refractivity contribution is -0.252. The van der Waals surface area contributed by atoms with Crippen LogP contribution in [0.5, 0.6) is 0 Å². The van der Waals surface area contributed by atoms with Gasteiger partial charge in [-0.25, -0.2) is 0 Å². The van der Waals surface area contributed by atoms with Gasteiger partial charge in [0.2, 0.25) is 11.8 Å². The number of carbonyl (C=O) groups excluding carboxylic acids is 2. The second-order valence-corrected chi connectivity index (χ2v) is 14.6. The third-order valence-corrected chi connectivity index (χ3v) is 10.2. The monoisotopic (exact) mass is 754 g/mol. The molecule has 9 heteroatoms. The minimum absolute atomic E-state index is 0.00322. The molecule has 56 heavy (non-hydrogen) atoms. The summed E-state index contributed by atoms with van der Waals surface area (Å²) in [6.45, 7) is 2.01. The highest BCUT2D eigenvalue weighted by atomic mass is 16.7. The van der Waals surface area contributed by atoms with Crippen LogP contribution in [-0.2, 0) is 38.8 Å². The van der Waals surface area contributed by atoms with Crippen LogP contribution >= 0.6 is 0 Å². The number of ether oxygens (including phenoxy) is 2. The second-order valence-electron chi connectivity index (χ2n) is 14.6. The van der Waals surface area contributed by atoms with Gasteiger partial charge in [-0.15, -0.1) is 0 Å². The Kier molecular flexibility index (Phi) is 14.8. The lowest BCUT2D eigenvalue weighted by Crippen LogP contribution is -2.37. The van der Waals surface area contributed by atoms with Crippen molar-refractivity contribution in [1.82, 2.24) is 10.2 Å². The van der Waals surface area contributed by atoms with Crippen LogP contribution in [-0.4, -0.2) is 41.5 Å². The summed E-state index contributed by atoms with van der Waals surface area (Å²) >= 11 is 0. The van der Waals surface area contributed by atoms with Gasteiger partial charge in [0.25, 0.3) is 0 Å². The van der Waals surface area contributed by atoms with Crippen molar-refractivity contribution in [1.29, 1.82) is 0 Å². The highest BCUT2D eigenvalue weighted by molar-refractivity contribution is 5.93. The molecule has 0 radical (unpaired) electrons. The number of aliphatic hydroxyl groups is 1. The molecule has 3 atom stereocenters. The number of benzene rings is 5. The number of rotatable bonds is 18. The fourth-order valence-electron chi connectivity index (χ4n) is 7.15. The second kappa shape index (κ2) is 20.6. The first-order valence-corrected chi connectivity index (χ1v) is 19.7. The number of nitrogen functional groups attached to an aromatic ring is 1. The van der Waals surface area contributed by atoms with Crippen molar-refractivity contribution < 1.29 is 24.2 Å².